The maximum absolute atomic E-state index is 12.4. The molecule has 20 heavy (non-hydrogen) atoms. The third kappa shape index (κ3) is 3.87. The van der Waals surface area contributed by atoms with Crippen LogP contribution in [0.4, 0.5) is 4.79 Å². The van der Waals surface area contributed by atoms with Gasteiger partial charge in [0.15, 0.2) is 0 Å². The van der Waals surface area contributed by atoms with Crippen molar-refractivity contribution in [3.8, 4) is 0 Å². The number of aliphatic hydroxyl groups excluding tert-OH is 1. The lowest BCUT2D eigenvalue weighted by atomic mass is 9.78. The van der Waals surface area contributed by atoms with Crippen LogP contribution in [0.25, 0.3) is 0 Å². The van der Waals surface area contributed by atoms with Crippen molar-refractivity contribution in [1.82, 2.24) is 10.2 Å². The van der Waals surface area contributed by atoms with E-state index in [1.165, 1.54) is 19.3 Å². The van der Waals surface area contributed by atoms with E-state index in [0.29, 0.717) is 24.4 Å². The van der Waals surface area contributed by atoms with Crippen molar-refractivity contribution in [3.63, 3.8) is 0 Å². The molecule has 2 N–H and O–H groups in total. The minimum Gasteiger partial charge on any atom is -0.396 e. The first-order chi connectivity index (χ1) is 9.61. The molecule has 1 saturated carbocycles. The van der Waals surface area contributed by atoms with Crippen LogP contribution in [-0.2, 0) is 0 Å². The minimum absolute atomic E-state index is 0.0840. The average molecular weight is 282 g/mol. The Balaban J connectivity index is 1.89. The summed E-state index contributed by atoms with van der Waals surface area (Å²) in [5, 5.41) is 12.5. The fourth-order valence-electron chi connectivity index (χ4n) is 3.79. The third-order valence-corrected chi connectivity index (χ3v) is 5.05. The Morgan fingerprint density at radius 1 is 1.25 bits per heavy atom. The number of nitrogens with zero attached hydrogens (tertiary/aromatic N) is 1. The molecule has 0 aromatic rings. The second-order valence-electron chi connectivity index (χ2n) is 6.89. The van der Waals surface area contributed by atoms with Crippen LogP contribution in [0.2, 0.25) is 0 Å². The molecule has 0 unspecified atom stereocenters. The summed E-state index contributed by atoms with van der Waals surface area (Å²) in [5.41, 5.74) is 0. The quantitative estimate of drug-likeness (QED) is 0.836. The molecule has 0 radical (unpaired) electrons. The zero-order valence-electron chi connectivity index (χ0n) is 13.0. The first kappa shape index (κ1) is 15.6. The number of carbonyl (C=O) groups excluding carboxylic acids is 1. The van der Waals surface area contributed by atoms with Gasteiger partial charge in [0.2, 0.25) is 0 Å². The molecular weight excluding hydrogens is 252 g/mol. The molecule has 2 rings (SSSR count). The van der Waals surface area contributed by atoms with Gasteiger partial charge in [-0.2, -0.15) is 0 Å². The molecule has 4 nitrogen and oxygen atoms in total. The van der Waals surface area contributed by atoms with Crippen LogP contribution in [0.3, 0.4) is 0 Å². The van der Waals surface area contributed by atoms with E-state index in [0.717, 1.165) is 25.8 Å². The van der Waals surface area contributed by atoms with Gasteiger partial charge in [0, 0.05) is 25.7 Å². The van der Waals surface area contributed by atoms with E-state index in [1.54, 1.807) is 0 Å². The predicted molar refractivity (Wildman–Crippen MR) is 80.5 cm³/mol. The SMILES string of the molecule is CC(C)[C@@H]1CCCC[C@H]1NC(=O)N1CCC[C@@H](CO)C1. The normalized spacial score (nSPS) is 31.4. The highest BCUT2D eigenvalue weighted by molar-refractivity contribution is 5.74. The largest absolute Gasteiger partial charge is 0.396 e. The van der Waals surface area contributed by atoms with Crippen LogP contribution in [-0.4, -0.2) is 41.8 Å². The van der Waals surface area contributed by atoms with E-state index in [4.69, 9.17) is 0 Å². The van der Waals surface area contributed by atoms with Crippen LogP contribution in [0.5, 0.6) is 0 Å². The van der Waals surface area contributed by atoms with Gasteiger partial charge in [-0.05, 0) is 43.4 Å². The number of amides is 2. The Labute approximate surface area is 122 Å². The molecular formula is C16H30N2O2. The summed E-state index contributed by atoms with van der Waals surface area (Å²) < 4.78 is 0. The highest BCUT2D eigenvalue weighted by atomic mass is 16.3. The highest BCUT2D eigenvalue weighted by Gasteiger charge is 2.31. The minimum atomic E-state index is 0.0840. The molecule has 2 fully saturated rings. The Hall–Kier alpha value is -0.770. The smallest absolute Gasteiger partial charge is 0.317 e. The summed E-state index contributed by atoms with van der Waals surface area (Å²) in [6, 6.07) is 0.423. The van der Waals surface area contributed by atoms with Crippen LogP contribution in [0, 0.1) is 17.8 Å². The summed E-state index contributed by atoms with van der Waals surface area (Å²) in [5.74, 6) is 1.51. The molecule has 2 aliphatic rings. The van der Waals surface area contributed by atoms with Crippen molar-refractivity contribution in [1.29, 1.82) is 0 Å². The molecule has 1 heterocycles. The lowest BCUT2D eigenvalue weighted by Crippen LogP contribution is -2.52. The number of piperidine rings is 1. The van der Waals surface area contributed by atoms with Gasteiger partial charge in [-0.15, -0.1) is 0 Å². The van der Waals surface area contributed by atoms with Gasteiger partial charge >= 0.3 is 6.03 Å². The molecule has 116 valence electrons. The Bertz CT molecular complexity index is 320. The Morgan fingerprint density at radius 3 is 2.70 bits per heavy atom. The van der Waals surface area contributed by atoms with Gasteiger partial charge in [0.05, 0.1) is 0 Å². The molecule has 0 bridgehead atoms. The maximum Gasteiger partial charge on any atom is 0.317 e. The molecule has 4 heteroatoms. The molecule has 1 aliphatic heterocycles. The molecule has 3 atom stereocenters. The maximum atomic E-state index is 12.4. The lowest BCUT2D eigenvalue weighted by molar-refractivity contribution is 0.121. The van der Waals surface area contributed by atoms with Crippen molar-refractivity contribution >= 4 is 6.03 Å². The zero-order valence-corrected chi connectivity index (χ0v) is 13.0. The molecule has 0 aromatic carbocycles. The number of rotatable bonds is 3. The number of urea groups is 1. The number of aliphatic hydroxyl groups is 1. The summed E-state index contributed by atoms with van der Waals surface area (Å²) in [4.78, 5) is 14.3. The van der Waals surface area contributed by atoms with E-state index in [9.17, 15) is 9.90 Å². The van der Waals surface area contributed by atoms with Crippen molar-refractivity contribution < 1.29 is 9.90 Å². The van der Waals surface area contributed by atoms with E-state index in [2.05, 4.69) is 19.2 Å². The van der Waals surface area contributed by atoms with E-state index >= 15 is 0 Å². The molecule has 0 spiro atoms. The highest BCUT2D eigenvalue weighted by Crippen LogP contribution is 2.30. The standard InChI is InChI=1S/C16H30N2O2/c1-12(2)14-7-3-4-8-15(14)17-16(20)18-9-5-6-13(10-18)11-19/h12-15,19H,3-11H2,1-2H3,(H,17,20)/t13-,14+,15-/m1/s1. The molecule has 0 aromatic heterocycles. The molecule has 1 aliphatic carbocycles. The van der Waals surface area contributed by atoms with Crippen molar-refractivity contribution in [2.45, 2.75) is 58.4 Å². The summed E-state index contributed by atoms with van der Waals surface area (Å²) in [6.45, 7) is 6.26. The van der Waals surface area contributed by atoms with Gasteiger partial charge in [-0.1, -0.05) is 26.7 Å². The number of likely N-dealkylation sites (tertiary alicyclic amines) is 1. The summed E-state index contributed by atoms with van der Waals surface area (Å²) in [6.07, 6.45) is 6.93. The monoisotopic (exact) mass is 282 g/mol. The van der Waals surface area contributed by atoms with Crippen molar-refractivity contribution in [3.05, 3.63) is 0 Å². The summed E-state index contributed by atoms with van der Waals surface area (Å²) >= 11 is 0. The van der Waals surface area contributed by atoms with Gasteiger partial charge in [-0.3, -0.25) is 0 Å². The van der Waals surface area contributed by atoms with Crippen LogP contribution in [0.15, 0.2) is 0 Å². The molecule has 1 saturated heterocycles. The number of hydrogen-bond donors (Lipinski definition) is 2. The number of carbonyl (C=O) groups is 1. The topological polar surface area (TPSA) is 52.6 Å². The average Bonchev–Trinajstić information content (AvgIpc) is 2.47. The first-order valence-electron chi connectivity index (χ1n) is 8.28. The van der Waals surface area contributed by atoms with Gasteiger partial charge < -0.3 is 15.3 Å². The van der Waals surface area contributed by atoms with E-state index in [1.807, 2.05) is 4.90 Å². The predicted octanol–water partition coefficient (Wildman–Crippen LogP) is 2.62. The van der Waals surface area contributed by atoms with E-state index in [-0.39, 0.29) is 18.6 Å². The number of hydrogen-bond acceptors (Lipinski definition) is 2. The van der Waals surface area contributed by atoms with Gasteiger partial charge in [-0.25, -0.2) is 4.79 Å². The summed E-state index contributed by atoms with van der Waals surface area (Å²) in [7, 11) is 0. The van der Waals surface area contributed by atoms with Crippen LogP contribution in [0.1, 0.15) is 52.4 Å². The Kier molecular flexibility index (Phi) is 5.70. The van der Waals surface area contributed by atoms with E-state index < -0.39 is 0 Å². The number of nitrogens with one attached hydrogen (secondary N) is 1. The van der Waals surface area contributed by atoms with Gasteiger partial charge in [0.1, 0.15) is 0 Å². The fourth-order valence-corrected chi connectivity index (χ4v) is 3.79. The van der Waals surface area contributed by atoms with Crippen molar-refractivity contribution in [2.75, 3.05) is 19.7 Å². The zero-order chi connectivity index (χ0) is 14.5. The second kappa shape index (κ2) is 7.30. The fraction of sp³-hybridized carbons (Fsp3) is 0.938. The van der Waals surface area contributed by atoms with Gasteiger partial charge in [0.25, 0.3) is 0 Å². The third-order valence-electron chi connectivity index (χ3n) is 5.05. The van der Waals surface area contributed by atoms with Crippen LogP contribution < -0.4 is 5.32 Å². The molecule has 2 amide bonds. The Morgan fingerprint density at radius 2 is 2.00 bits per heavy atom. The van der Waals surface area contributed by atoms with Crippen LogP contribution >= 0.6 is 0 Å². The lowest BCUT2D eigenvalue weighted by Gasteiger charge is -2.38. The first-order valence-corrected chi connectivity index (χ1v) is 8.28. The van der Waals surface area contributed by atoms with Crippen molar-refractivity contribution in [2.24, 2.45) is 17.8 Å². The second-order valence-corrected chi connectivity index (χ2v) is 6.89.